The lowest BCUT2D eigenvalue weighted by Gasteiger charge is -2.23. The maximum Gasteiger partial charge on any atom is 0.361 e. The highest BCUT2D eigenvalue weighted by atomic mass is 16.5. The largest absolute Gasteiger partial charge is 0.513 e. The lowest BCUT2D eigenvalue weighted by atomic mass is 9.93. The lowest BCUT2D eigenvalue weighted by molar-refractivity contribution is -0.123. The molecule has 148 valence electrons. The number of nitrogens with zero attached hydrogens (tertiary/aromatic N) is 1. The van der Waals surface area contributed by atoms with E-state index in [0.29, 0.717) is 22.5 Å². The molecule has 1 aromatic rings. The van der Waals surface area contributed by atoms with E-state index in [4.69, 9.17) is 9.47 Å². The first kappa shape index (κ1) is 21.0. The Morgan fingerprint density at radius 3 is 2.57 bits per heavy atom. The highest BCUT2D eigenvalue weighted by Crippen LogP contribution is 2.41. The average Bonchev–Trinajstić information content (AvgIpc) is 2.61. The van der Waals surface area contributed by atoms with Gasteiger partial charge in [0.2, 0.25) is 5.91 Å². The summed E-state index contributed by atoms with van der Waals surface area (Å²) in [5.41, 5.74) is 1.49. The zero-order valence-electron chi connectivity index (χ0n) is 17.0. The number of anilines is 1. The van der Waals surface area contributed by atoms with Crippen LogP contribution in [0.15, 0.2) is 29.7 Å². The number of fused-ring (bicyclic) bond motifs is 1. The Labute approximate surface area is 164 Å². The minimum Gasteiger partial charge on any atom is -0.513 e. The maximum absolute atomic E-state index is 12.5. The molecule has 1 aliphatic heterocycles. The summed E-state index contributed by atoms with van der Waals surface area (Å²) in [5, 5.41) is 12.6. The maximum atomic E-state index is 12.5. The smallest absolute Gasteiger partial charge is 0.361 e. The highest BCUT2D eigenvalue weighted by Gasteiger charge is 2.33. The Kier molecular flexibility index (Phi) is 6.14. The third kappa shape index (κ3) is 4.34. The van der Waals surface area contributed by atoms with E-state index in [0.717, 1.165) is 0 Å². The molecule has 0 saturated carbocycles. The Bertz CT molecular complexity index is 936. The standard InChI is InChI=1S/C21H24N2O5/c1-7-22-16-11-28-18-13(14(16)10-12(2)24)8-9-15(17(18)19(25)27-6)23-20(26)21(3,4)5/h8-10H,11H2,1-6H3,(H-,23,24,25,26)/p+1/b12-10+. The van der Waals surface area contributed by atoms with E-state index in [1.165, 1.54) is 14.0 Å². The fourth-order valence-electron chi connectivity index (χ4n) is 2.63. The summed E-state index contributed by atoms with van der Waals surface area (Å²) < 4.78 is 10.7. The minimum atomic E-state index is -0.648. The van der Waals surface area contributed by atoms with Crippen molar-refractivity contribution in [2.75, 3.05) is 19.0 Å². The number of esters is 1. The van der Waals surface area contributed by atoms with E-state index in [1.54, 1.807) is 45.9 Å². The van der Waals surface area contributed by atoms with Gasteiger partial charge in [0.05, 0.1) is 31.1 Å². The second kappa shape index (κ2) is 8.17. The number of aliphatic hydroxyl groups is 1. The zero-order chi connectivity index (χ0) is 21.1. The van der Waals surface area contributed by atoms with Gasteiger partial charge in [-0.1, -0.05) is 20.8 Å². The van der Waals surface area contributed by atoms with Gasteiger partial charge in [0, 0.05) is 11.0 Å². The first-order chi connectivity index (χ1) is 13.1. The molecule has 1 aliphatic rings. The number of nitrogens with one attached hydrogen (secondary N) is 1. The zero-order valence-corrected chi connectivity index (χ0v) is 17.0. The molecule has 0 saturated heterocycles. The van der Waals surface area contributed by atoms with Crippen molar-refractivity contribution < 1.29 is 24.2 Å². The van der Waals surface area contributed by atoms with Crippen LogP contribution in [-0.4, -0.2) is 30.7 Å². The van der Waals surface area contributed by atoms with E-state index in [1.807, 2.05) is 0 Å². The molecule has 0 fully saturated rings. The Morgan fingerprint density at radius 2 is 2.04 bits per heavy atom. The van der Waals surface area contributed by atoms with E-state index in [-0.39, 0.29) is 29.6 Å². The quantitative estimate of drug-likeness (QED) is 0.595. The van der Waals surface area contributed by atoms with Gasteiger partial charge in [-0.3, -0.25) is 4.79 Å². The summed E-state index contributed by atoms with van der Waals surface area (Å²) in [7, 11) is 1.26. The van der Waals surface area contributed by atoms with Crippen LogP contribution in [0.3, 0.4) is 0 Å². The molecule has 28 heavy (non-hydrogen) atoms. The van der Waals surface area contributed by atoms with Crippen LogP contribution in [0, 0.1) is 11.5 Å². The molecule has 2 N–H and O–H groups in total. The van der Waals surface area contributed by atoms with Crippen molar-refractivity contribution in [3.05, 3.63) is 45.6 Å². The number of hydrogen-bond donors (Lipinski definition) is 2. The van der Waals surface area contributed by atoms with Crippen molar-refractivity contribution in [3.63, 3.8) is 0 Å². The Hall–Kier alpha value is -3.27. The van der Waals surface area contributed by atoms with Crippen molar-refractivity contribution >= 4 is 23.1 Å². The predicted molar refractivity (Wildman–Crippen MR) is 108 cm³/mol. The number of ether oxygens (including phenoxy) is 2. The molecule has 7 nitrogen and oxygen atoms in total. The van der Waals surface area contributed by atoms with Crippen molar-refractivity contribution in [2.45, 2.75) is 34.6 Å². The molecule has 1 amide bonds. The van der Waals surface area contributed by atoms with Crippen molar-refractivity contribution in [1.82, 2.24) is 0 Å². The van der Waals surface area contributed by atoms with Crippen molar-refractivity contribution in [2.24, 2.45) is 5.41 Å². The van der Waals surface area contributed by atoms with Crippen molar-refractivity contribution in [1.29, 1.82) is 0 Å². The minimum absolute atomic E-state index is 0.0770. The van der Waals surface area contributed by atoms with Gasteiger partial charge in [0.15, 0.2) is 6.61 Å². The summed E-state index contributed by atoms with van der Waals surface area (Å²) >= 11 is 0. The first-order valence-electron chi connectivity index (χ1n) is 8.78. The molecule has 7 heteroatoms. The van der Waals surface area contributed by atoms with Gasteiger partial charge in [0.1, 0.15) is 11.3 Å². The Morgan fingerprint density at radius 1 is 1.36 bits per heavy atom. The fourth-order valence-corrected chi connectivity index (χ4v) is 2.63. The number of aliphatic hydroxyl groups excluding tert-OH is 1. The number of carbonyl (C=O) groups excluding carboxylic acids is 2. The van der Waals surface area contributed by atoms with E-state index in [9.17, 15) is 14.7 Å². The second-order valence-corrected chi connectivity index (χ2v) is 7.33. The number of hydrogen-bond acceptors (Lipinski definition) is 5. The summed E-state index contributed by atoms with van der Waals surface area (Å²) in [6.07, 6.45) is 1.55. The van der Waals surface area contributed by atoms with Crippen LogP contribution < -0.4 is 10.1 Å². The van der Waals surface area contributed by atoms with Crippen LogP contribution in [0.4, 0.5) is 5.69 Å². The summed E-state index contributed by atoms with van der Waals surface area (Å²) in [6, 6.07) is 6.02. The van der Waals surface area contributed by atoms with Gasteiger partial charge >= 0.3 is 11.7 Å². The molecular weight excluding hydrogens is 360 g/mol. The van der Waals surface area contributed by atoms with Gasteiger partial charge in [-0.05, 0) is 30.0 Å². The molecule has 0 atom stereocenters. The molecule has 0 aromatic heterocycles. The van der Waals surface area contributed by atoms with Crippen LogP contribution in [0.5, 0.6) is 5.75 Å². The topological polar surface area (TPSA) is 89.2 Å². The van der Waals surface area contributed by atoms with Crippen molar-refractivity contribution in [3.8, 4) is 11.8 Å². The molecule has 0 unspecified atom stereocenters. The van der Waals surface area contributed by atoms with Gasteiger partial charge < -0.3 is 19.9 Å². The normalized spacial score (nSPS) is 13.7. The van der Waals surface area contributed by atoms with E-state index >= 15 is 0 Å². The van der Waals surface area contributed by atoms with Gasteiger partial charge in [-0.2, -0.15) is 0 Å². The second-order valence-electron chi connectivity index (χ2n) is 7.33. The number of allylic oxidation sites excluding steroid dienone is 3. The molecule has 2 rings (SSSR count). The van der Waals surface area contributed by atoms with Crippen LogP contribution >= 0.6 is 0 Å². The summed E-state index contributed by atoms with van der Waals surface area (Å²) in [4.78, 5) is 29.1. The number of rotatable bonds is 3. The van der Waals surface area contributed by atoms with E-state index < -0.39 is 11.4 Å². The summed E-state index contributed by atoms with van der Waals surface area (Å²) in [6.45, 7) is 8.59. The monoisotopic (exact) mass is 385 g/mol. The summed E-state index contributed by atoms with van der Waals surface area (Å²) in [5.74, 6) is -0.544. The highest BCUT2D eigenvalue weighted by molar-refractivity contribution is 6.06. The third-order valence-corrected chi connectivity index (χ3v) is 4.03. The average molecular weight is 385 g/mol. The molecule has 1 aromatic carbocycles. The Balaban J connectivity index is 2.72. The molecular formula is C21H25N2O5+. The molecule has 0 radical (unpaired) electrons. The molecule has 1 heterocycles. The molecule has 0 bridgehead atoms. The van der Waals surface area contributed by atoms with Crippen LogP contribution in [0.1, 0.15) is 50.5 Å². The number of methoxy groups -OCH3 is 1. The number of benzene rings is 1. The SMILES string of the molecule is CC#[N+]C1=C(/C=C(\C)O)c2ccc(NC(=O)C(C)(C)C)c(C(=O)OC)c2OC1. The van der Waals surface area contributed by atoms with Gasteiger partial charge in [-0.25, -0.2) is 4.79 Å². The van der Waals surface area contributed by atoms with Crippen LogP contribution in [0.2, 0.25) is 0 Å². The predicted octanol–water partition coefficient (Wildman–Crippen LogP) is 4.38. The number of carbonyl (C=O) groups is 2. The first-order valence-corrected chi connectivity index (χ1v) is 8.78. The van der Waals surface area contributed by atoms with Crippen LogP contribution in [0.25, 0.3) is 10.4 Å². The van der Waals surface area contributed by atoms with Gasteiger partial charge in [0.25, 0.3) is 6.07 Å². The number of amides is 1. The fraction of sp³-hybridized carbons (Fsp3) is 0.381. The van der Waals surface area contributed by atoms with Gasteiger partial charge in [-0.15, -0.1) is 0 Å². The van der Waals surface area contributed by atoms with Crippen LogP contribution in [-0.2, 0) is 9.53 Å². The molecule has 0 aliphatic carbocycles. The van der Waals surface area contributed by atoms with E-state index in [2.05, 4.69) is 16.2 Å². The third-order valence-electron chi connectivity index (χ3n) is 4.03. The lowest BCUT2D eigenvalue weighted by Crippen LogP contribution is -2.29. The molecule has 0 spiro atoms.